The van der Waals surface area contributed by atoms with Gasteiger partial charge in [0.05, 0.1) is 23.1 Å². The highest BCUT2D eigenvalue weighted by Crippen LogP contribution is 2.32. The van der Waals surface area contributed by atoms with Gasteiger partial charge in [0.1, 0.15) is 22.9 Å². The fourth-order valence-electron chi connectivity index (χ4n) is 5.44. The van der Waals surface area contributed by atoms with Crippen LogP contribution in [0.3, 0.4) is 0 Å². The van der Waals surface area contributed by atoms with Crippen LogP contribution in [0.2, 0.25) is 0 Å². The van der Waals surface area contributed by atoms with E-state index in [1.807, 2.05) is 97.9 Å². The van der Waals surface area contributed by atoms with E-state index in [-0.39, 0.29) is 24.3 Å². The molecule has 0 aliphatic carbocycles. The summed E-state index contributed by atoms with van der Waals surface area (Å²) in [6.07, 6.45) is 1.80. The van der Waals surface area contributed by atoms with Crippen molar-refractivity contribution >= 4 is 23.2 Å². The lowest BCUT2D eigenvalue weighted by Gasteiger charge is -2.30. The second-order valence-corrected chi connectivity index (χ2v) is 13.9. The number of nitrogens with one attached hydrogen (secondary N) is 2. The first kappa shape index (κ1) is 33.5. The molecule has 4 aromatic rings. The first-order valence-electron chi connectivity index (χ1n) is 16.2. The number of imidazole rings is 1. The van der Waals surface area contributed by atoms with Crippen molar-refractivity contribution in [2.45, 2.75) is 97.9 Å². The maximum Gasteiger partial charge on any atom is 0.410 e. The molecule has 11 nitrogen and oxygen atoms in total. The minimum absolute atomic E-state index is 0.192. The van der Waals surface area contributed by atoms with E-state index < -0.39 is 11.2 Å². The van der Waals surface area contributed by atoms with Crippen LogP contribution in [-0.2, 0) is 9.47 Å². The van der Waals surface area contributed by atoms with Gasteiger partial charge in [-0.2, -0.15) is 5.10 Å². The van der Waals surface area contributed by atoms with Crippen LogP contribution in [0, 0.1) is 11.8 Å². The summed E-state index contributed by atoms with van der Waals surface area (Å²) < 4.78 is 11.2. The second kappa shape index (κ2) is 13.5. The first-order valence-corrected chi connectivity index (χ1v) is 16.2. The number of fused-ring (bicyclic) bond motifs is 1. The molecule has 11 heteroatoms. The van der Waals surface area contributed by atoms with Gasteiger partial charge in [0.15, 0.2) is 5.82 Å². The number of benzene rings is 2. The molecule has 1 aliphatic rings. The number of hydrogen-bond donors (Lipinski definition) is 2. The lowest BCUT2D eigenvalue weighted by atomic mass is 10.1. The Morgan fingerprint density at radius 1 is 1.00 bits per heavy atom. The normalized spacial score (nSPS) is 15.7. The number of aromatic nitrogens is 5. The van der Waals surface area contributed by atoms with Crippen molar-refractivity contribution in [3.05, 3.63) is 65.2 Å². The molecule has 2 aromatic carbocycles. The van der Waals surface area contributed by atoms with E-state index >= 15 is 0 Å². The largest absolute Gasteiger partial charge is 0.444 e. The van der Waals surface area contributed by atoms with Gasteiger partial charge in [-0.25, -0.2) is 19.6 Å². The Kier molecular flexibility index (Phi) is 9.61. The molecule has 47 heavy (non-hydrogen) atoms. The van der Waals surface area contributed by atoms with Crippen LogP contribution in [0.25, 0.3) is 22.4 Å². The van der Waals surface area contributed by atoms with Gasteiger partial charge in [0.25, 0.3) is 0 Å². The zero-order chi connectivity index (χ0) is 33.9. The molecule has 0 radical (unpaired) electrons. The van der Waals surface area contributed by atoms with Crippen LogP contribution in [0.4, 0.5) is 9.59 Å². The molecule has 2 N–H and O–H groups in total. The number of carbonyl (C=O) groups excluding carboxylic acids is 2. The smallest absolute Gasteiger partial charge is 0.410 e. The average Bonchev–Trinajstić information content (AvgIpc) is 3.76. The number of aromatic amines is 2. The van der Waals surface area contributed by atoms with Gasteiger partial charge in [-0.1, -0.05) is 18.8 Å². The predicted molar refractivity (Wildman–Crippen MR) is 180 cm³/mol. The fraction of sp³-hybridized carbons (Fsp3) is 0.472. The number of hydrogen-bond acceptors (Lipinski definition) is 7. The van der Waals surface area contributed by atoms with Crippen LogP contribution in [0.15, 0.2) is 42.5 Å². The Balaban J connectivity index is 1.26. The molecular formula is C36H45N7O4. The number of likely N-dealkylation sites (tertiary alicyclic amines) is 1. The van der Waals surface area contributed by atoms with Gasteiger partial charge in [-0.3, -0.25) is 14.9 Å². The van der Waals surface area contributed by atoms with Crippen molar-refractivity contribution in [3.63, 3.8) is 0 Å². The number of carbonyl (C=O) groups is 2. The Labute approximate surface area is 276 Å². The molecule has 2 amide bonds. The van der Waals surface area contributed by atoms with Gasteiger partial charge in [0, 0.05) is 29.8 Å². The van der Waals surface area contributed by atoms with Crippen molar-refractivity contribution in [2.75, 3.05) is 13.1 Å². The molecule has 0 saturated carbocycles. The summed E-state index contributed by atoms with van der Waals surface area (Å²) in [7, 11) is 0. The summed E-state index contributed by atoms with van der Waals surface area (Å²) in [5.41, 5.74) is 3.04. The summed E-state index contributed by atoms with van der Waals surface area (Å²) in [6.45, 7) is 16.4. The highest BCUT2D eigenvalue weighted by atomic mass is 16.6. The molecule has 0 bridgehead atoms. The highest BCUT2D eigenvalue weighted by Gasteiger charge is 2.35. The minimum Gasteiger partial charge on any atom is -0.444 e. The van der Waals surface area contributed by atoms with Crippen LogP contribution in [-0.4, -0.2) is 71.4 Å². The number of H-pyrrole nitrogens is 2. The Hall–Kier alpha value is -4.85. The van der Waals surface area contributed by atoms with Gasteiger partial charge >= 0.3 is 12.2 Å². The Bertz CT molecular complexity index is 1780. The standard InChI is InChI=1S/C36H45N7O4/c1-9-20-42(33(44)46-35(3,4)5)23(2)30-37-27-19-16-25(22-28(27)38-30)13-12-24-14-17-26(18-15-24)31-39-32(41-40-31)29-11-10-21-43(29)34(45)47-36(6,7)8/h14-19,22-23,29H,9-11,20-21H2,1-8H3,(H,37,38)(H,39,40,41)/t23-,29-/m0/s1. The quantitative estimate of drug-likeness (QED) is 0.209. The molecule has 0 spiro atoms. The van der Waals surface area contributed by atoms with E-state index in [4.69, 9.17) is 19.4 Å². The molecule has 1 aliphatic heterocycles. The lowest BCUT2D eigenvalue weighted by molar-refractivity contribution is 0.0164. The highest BCUT2D eigenvalue weighted by molar-refractivity contribution is 5.77. The summed E-state index contributed by atoms with van der Waals surface area (Å²) in [5, 5.41) is 7.45. The van der Waals surface area contributed by atoms with Crippen molar-refractivity contribution in [3.8, 4) is 23.2 Å². The van der Waals surface area contributed by atoms with Crippen LogP contribution in [0.5, 0.6) is 0 Å². The van der Waals surface area contributed by atoms with Gasteiger partial charge in [-0.15, -0.1) is 0 Å². The number of ether oxygens (including phenoxy) is 2. The third-order valence-electron chi connectivity index (χ3n) is 7.65. The lowest BCUT2D eigenvalue weighted by Crippen LogP contribution is -2.39. The van der Waals surface area contributed by atoms with Gasteiger partial charge in [-0.05, 0) is 110 Å². The summed E-state index contributed by atoms with van der Waals surface area (Å²) in [4.78, 5) is 41.9. The van der Waals surface area contributed by atoms with Crippen LogP contribution >= 0.6 is 0 Å². The molecule has 2 aromatic heterocycles. The molecule has 0 unspecified atom stereocenters. The fourth-order valence-corrected chi connectivity index (χ4v) is 5.44. The van der Waals surface area contributed by atoms with Crippen molar-refractivity contribution < 1.29 is 19.1 Å². The van der Waals surface area contributed by atoms with E-state index in [2.05, 4.69) is 27.0 Å². The van der Waals surface area contributed by atoms with Crippen LogP contribution < -0.4 is 0 Å². The maximum atomic E-state index is 12.9. The molecule has 248 valence electrons. The number of nitrogens with zero attached hydrogens (tertiary/aromatic N) is 5. The Morgan fingerprint density at radius 3 is 2.36 bits per heavy atom. The van der Waals surface area contributed by atoms with Crippen molar-refractivity contribution in [1.82, 2.24) is 34.9 Å². The van der Waals surface area contributed by atoms with Crippen molar-refractivity contribution in [1.29, 1.82) is 0 Å². The summed E-state index contributed by atoms with van der Waals surface area (Å²) >= 11 is 0. The summed E-state index contributed by atoms with van der Waals surface area (Å²) in [5.74, 6) is 8.38. The van der Waals surface area contributed by atoms with Gasteiger partial charge in [0.2, 0.25) is 0 Å². The molecule has 3 heterocycles. The van der Waals surface area contributed by atoms with Crippen LogP contribution in [0.1, 0.15) is 110 Å². The SMILES string of the molecule is CCCN(C(=O)OC(C)(C)C)[C@@H](C)c1nc2cc(C#Cc3ccc(-c4n[nH]c([C@@H]5CCCN5C(=O)OC(C)(C)C)n4)cc3)ccc2[nH]1. The molecule has 1 fully saturated rings. The predicted octanol–water partition coefficient (Wildman–Crippen LogP) is 7.53. The number of rotatable bonds is 6. The summed E-state index contributed by atoms with van der Waals surface area (Å²) in [6, 6.07) is 13.1. The molecule has 5 rings (SSSR count). The van der Waals surface area contributed by atoms with E-state index in [1.54, 1.807) is 9.80 Å². The van der Waals surface area contributed by atoms with E-state index in [0.29, 0.717) is 30.6 Å². The van der Waals surface area contributed by atoms with E-state index in [1.165, 1.54) is 0 Å². The molecular weight excluding hydrogens is 594 g/mol. The van der Waals surface area contributed by atoms with Gasteiger partial charge < -0.3 is 14.5 Å². The number of amides is 2. The third-order valence-corrected chi connectivity index (χ3v) is 7.65. The molecule has 1 saturated heterocycles. The first-order chi connectivity index (χ1) is 22.2. The maximum absolute atomic E-state index is 12.9. The monoisotopic (exact) mass is 639 g/mol. The van der Waals surface area contributed by atoms with Crippen molar-refractivity contribution in [2.24, 2.45) is 0 Å². The zero-order valence-corrected chi connectivity index (χ0v) is 28.6. The zero-order valence-electron chi connectivity index (χ0n) is 28.6. The third kappa shape index (κ3) is 8.30. The second-order valence-electron chi connectivity index (χ2n) is 13.9. The Morgan fingerprint density at radius 2 is 1.68 bits per heavy atom. The topological polar surface area (TPSA) is 129 Å². The molecule has 2 atom stereocenters. The van der Waals surface area contributed by atoms with E-state index in [0.717, 1.165) is 47.0 Å². The minimum atomic E-state index is -0.577. The van der Waals surface area contributed by atoms with E-state index in [9.17, 15) is 9.59 Å². The average molecular weight is 640 g/mol.